The van der Waals surface area contributed by atoms with Gasteiger partial charge in [-0.25, -0.2) is 0 Å². The molecule has 12 heavy (non-hydrogen) atoms. The Kier molecular flexibility index (Phi) is 1.79. The maximum Gasteiger partial charge on any atom is -0.0295 e. The Bertz CT molecular complexity index is 174. The predicted molar refractivity (Wildman–Crippen MR) is 52.9 cm³/mol. The van der Waals surface area contributed by atoms with Gasteiger partial charge >= 0.3 is 0 Å². The van der Waals surface area contributed by atoms with Crippen molar-refractivity contribution < 1.29 is 0 Å². The van der Waals surface area contributed by atoms with Crippen molar-refractivity contribution in [2.24, 2.45) is 29.1 Å². The maximum atomic E-state index is 2.49. The van der Waals surface area contributed by atoms with E-state index in [1.165, 1.54) is 19.3 Å². The Morgan fingerprint density at radius 1 is 1.17 bits per heavy atom. The molecule has 3 atom stereocenters. The smallest absolute Gasteiger partial charge is 0.0295 e. The van der Waals surface area contributed by atoms with E-state index < -0.39 is 0 Å². The first-order chi connectivity index (χ1) is 5.53. The van der Waals surface area contributed by atoms with E-state index in [-0.39, 0.29) is 0 Å². The highest BCUT2D eigenvalue weighted by atomic mass is 14.6. The van der Waals surface area contributed by atoms with Crippen LogP contribution in [0.1, 0.15) is 47.0 Å². The van der Waals surface area contributed by atoms with Crippen molar-refractivity contribution in [3.63, 3.8) is 0 Å². The van der Waals surface area contributed by atoms with E-state index in [4.69, 9.17) is 0 Å². The summed E-state index contributed by atoms with van der Waals surface area (Å²) in [6.45, 7) is 9.78. The van der Waals surface area contributed by atoms with Gasteiger partial charge in [0.2, 0.25) is 0 Å². The summed E-state index contributed by atoms with van der Waals surface area (Å²) in [4.78, 5) is 0. The lowest BCUT2D eigenvalue weighted by Crippen LogP contribution is -2.53. The number of fused-ring (bicyclic) bond motifs is 2. The van der Waals surface area contributed by atoms with Crippen LogP contribution in [-0.4, -0.2) is 0 Å². The first kappa shape index (κ1) is 8.59. The second-order valence-electron chi connectivity index (χ2n) is 5.85. The van der Waals surface area contributed by atoms with Crippen LogP contribution in [0.25, 0.3) is 0 Å². The SMILES string of the molecule is CC(C)[C@H]1CC[C@@H]2C[C@H]1C2(C)C. The quantitative estimate of drug-likeness (QED) is 0.557. The van der Waals surface area contributed by atoms with Crippen LogP contribution in [0.4, 0.5) is 0 Å². The van der Waals surface area contributed by atoms with E-state index in [1.807, 2.05) is 0 Å². The van der Waals surface area contributed by atoms with Crippen molar-refractivity contribution in [3.8, 4) is 0 Å². The molecular formula is C12H22. The molecule has 0 N–H and O–H groups in total. The van der Waals surface area contributed by atoms with Gasteiger partial charge in [0.05, 0.1) is 0 Å². The van der Waals surface area contributed by atoms with Crippen molar-refractivity contribution in [2.45, 2.75) is 47.0 Å². The summed E-state index contributed by atoms with van der Waals surface area (Å²) in [6, 6.07) is 0. The molecule has 3 aliphatic rings. The molecule has 0 heterocycles. The average molecular weight is 166 g/mol. The fourth-order valence-corrected chi connectivity index (χ4v) is 3.67. The van der Waals surface area contributed by atoms with Crippen LogP contribution in [0, 0.1) is 29.1 Å². The Hall–Kier alpha value is 0. The van der Waals surface area contributed by atoms with E-state index in [0.29, 0.717) is 5.41 Å². The molecule has 0 saturated heterocycles. The third-order valence-electron chi connectivity index (χ3n) is 4.77. The molecule has 0 radical (unpaired) electrons. The zero-order chi connectivity index (χ0) is 8.93. The van der Waals surface area contributed by atoms with Crippen molar-refractivity contribution in [2.75, 3.05) is 0 Å². The molecule has 0 amide bonds. The zero-order valence-corrected chi connectivity index (χ0v) is 8.93. The third-order valence-corrected chi connectivity index (χ3v) is 4.77. The van der Waals surface area contributed by atoms with Gasteiger partial charge in [0.25, 0.3) is 0 Å². The van der Waals surface area contributed by atoms with Crippen LogP contribution in [0.5, 0.6) is 0 Å². The van der Waals surface area contributed by atoms with Gasteiger partial charge in [-0.2, -0.15) is 0 Å². The van der Waals surface area contributed by atoms with Crippen molar-refractivity contribution in [3.05, 3.63) is 0 Å². The number of hydrogen-bond donors (Lipinski definition) is 0. The minimum absolute atomic E-state index is 0.688. The largest absolute Gasteiger partial charge is 0.0625 e. The van der Waals surface area contributed by atoms with Gasteiger partial charge in [0.15, 0.2) is 0 Å². The first-order valence-electron chi connectivity index (χ1n) is 5.53. The minimum Gasteiger partial charge on any atom is -0.0625 e. The van der Waals surface area contributed by atoms with Crippen LogP contribution in [0.3, 0.4) is 0 Å². The number of hydrogen-bond acceptors (Lipinski definition) is 0. The molecule has 0 heteroatoms. The first-order valence-corrected chi connectivity index (χ1v) is 5.53. The topological polar surface area (TPSA) is 0 Å². The van der Waals surface area contributed by atoms with Crippen LogP contribution < -0.4 is 0 Å². The molecule has 0 aromatic rings. The number of rotatable bonds is 1. The van der Waals surface area contributed by atoms with E-state index in [2.05, 4.69) is 27.7 Å². The van der Waals surface area contributed by atoms with Gasteiger partial charge in [-0.05, 0) is 48.3 Å². The summed E-state index contributed by atoms with van der Waals surface area (Å²) in [5, 5.41) is 0. The second-order valence-corrected chi connectivity index (χ2v) is 5.85. The summed E-state index contributed by atoms with van der Waals surface area (Å²) in [6.07, 6.45) is 4.55. The second kappa shape index (κ2) is 2.49. The molecule has 0 aromatic heterocycles. The van der Waals surface area contributed by atoms with E-state index in [1.54, 1.807) is 0 Å². The van der Waals surface area contributed by atoms with Crippen LogP contribution >= 0.6 is 0 Å². The maximum absolute atomic E-state index is 2.49. The van der Waals surface area contributed by atoms with E-state index >= 15 is 0 Å². The molecule has 3 saturated carbocycles. The van der Waals surface area contributed by atoms with Crippen molar-refractivity contribution in [1.29, 1.82) is 0 Å². The Morgan fingerprint density at radius 3 is 2.17 bits per heavy atom. The Balaban J connectivity index is 2.11. The van der Waals surface area contributed by atoms with Gasteiger partial charge < -0.3 is 0 Å². The third kappa shape index (κ3) is 0.963. The standard InChI is InChI=1S/C12H22/c1-8(2)10-6-5-9-7-11(10)12(9,3)4/h8-11H,5-7H2,1-4H3/t9-,10-,11-/m1/s1. The molecule has 3 aliphatic carbocycles. The fourth-order valence-electron chi connectivity index (χ4n) is 3.67. The lowest BCUT2D eigenvalue weighted by molar-refractivity contribution is -0.117. The Labute approximate surface area is 76.7 Å². The monoisotopic (exact) mass is 166 g/mol. The van der Waals surface area contributed by atoms with Crippen molar-refractivity contribution >= 4 is 0 Å². The fraction of sp³-hybridized carbons (Fsp3) is 1.00. The molecule has 0 nitrogen and oxygen atoms in total. The van der Waals surface area contributed by atoms with E-state index in [0.717, 1.165) is 23.7 Å². The van der Waals surface area contributed by atoms with E-state index in [9.17, 15) is 0 Å². The van der Waals surface area contributed by atoms with Gasteiger partial charge in [-0.15, -0.1) is 0 Å². The summed E-state index contributed by atoms with van der Waals surface area (Å²) in [5.74, 6) is 4.06. The summed E-state index contributed by atoms with van der Waals surface area (Å²) < 4.78 is 0. The van der Waals surface area contributed by atoms with Gasteiger partial charge in [-0.3, -0.25) is 0 Å². The molecule has 0 unspecified atom stereocenters. The minimum atomic E-state index is 0.688. The van der Waals surface area contributed by atoms with Gasteiger partial charge in [0.1, 0.15) is 0 Å². The van der Waals surface area contributed by atoms with Crippen molar-refractivity contribution in [1.82, 2.24) is 0 Å². The lowest BCUT2D eigenvalue weighted by atomic mass is 9.44. The summed E-state index contributed by atoms with van der Waals surface area (Å²) in [7, 11) is 0. The lowest BCUT2D eigenvalue weighted by Gasteiger charge is -2.61. The summed E-state index contributed by atoms with van der Waals surface area (Å²) >= 11 is 0. The average Bonchev–Trinajstić information content (AvgIpc) is 2.04. The highest BCUT2D eigenvalue weighted by Crippen LogP contribution is 2.62. The zero-order valence-electron chi connectivity index (χ0n) is 8.93. The van der Waals surface area contributed by atoms with Gasteiger partial charge in [-0.1, -0.05) is 27.7 Å². The normalized spacial score (nSPS) is 44.2. The molecule has 3 fully saturated rings. The Morgan fingerprint density at radius 2 is 1.83 bits per heavy atom. The molecule has 0 aromatic carbocycles. The van der Waals surface area contributed by atoms with Crippen LogP contribution in [-0.2, 0) is 0 Å². The highest BCUT2D eigenvalue weighted by Gasteiger charge is 2.54. The molecule has 2 bridgehead atoms. The summed E-state index contributed by atoms with van der Waals surface area (Å²) in [5.41, 5.74) is 0.688. The molecule has 0 spiro atoms. The molecule has 0 aliphatic heterocycles. The predicted octanol–water partition coefficient (Wildman–Crippen LogP) is 3.71. The molecular weight excluding hydrogens is 144 g/mol. The molecule has 70 valence electrons. The highest BCUT2D eigenvalue weighted by molar-refractivity contribution is 5.03. The van der Waals surface area contributed by atoms with Gasteiger partial charge in [0, 0.05) is 0 Å². The van der Waals surface area contributed by atoms with Crippen LogP contribution in [0.2, 0.25) is 0 Å². The van der Waals surface area contributed by atoms with Crippen LogP contribution in [0.15, 0.2) is 0 Å². The molecule has 3 rings (SSSR count).